The van der Waals surface area contributed by atoms with E-state index in [1.54, 1.807) is 0 Å². The van der Waals surface area contributed by atoms with Crippen LogP contribution in [-0.2, 0) is 0 Å². The van der Waals surface area contributed by atoms with E-state index in [-0.39, 0.29) is 5.92 Å². The van der Waals surface area contributed by atoms with Crippen LogP contribution in [0.4, 0.5) is 0 Å². The van der Waals surface area contributed by atoms with Crippen molar-refractivity contribution in [2.75, 3.05) is 6.61 Å². The molecule has 2 aromatic heterocycles. The molecule has 0 fully saturated rings. The monoisotopic (exact) mass is 277 g/mol. The van der Waals surface area contributed by atoms with Crippen molar-refractivity contribution >= 4 is 22.9 Å². The smallest absolute Gasteiger partial charge is 0.179 e. The molecule has 0 spiro atoms. The molecule has 0 aliphatic carbocycles. The zero-order valence-electron chi connectivity index (χ0n) is 11.5. The van der Waals surface area contributed by atoms with E-state index < -0.39 is 0 Å². The van der Waals surface area contributed by atoms with Gasteiger partial charge in [0.05, 0.1) is 17.3 Å². The number of thiocarbonyl (C=S) groups is 1. The predicted octanol–water partition coefficient (Wildman–Crippen LogP) is 2.76. The fourth-order valence-corrected chi connectivity index (χ4v) is 1.76. The maximum absolute atomic E-state index is 5.78. The summed E-state index contributed by atoms with van der Waals surface area (Å²) in [4.78, 5) is 5.08. The Morgan fingerprint density at radius 3 is 2.84 bits per heavy atom. The molecule has 0 aliphatic rings. The van der Waals surface area contributed by atoms with Gasteiger partial charge in [0.25, 0.3) is 0 Å². The SMILES string of the molecule is CC(COc1cccn2cc(C(C)C)nc12)C(N)=S. The number of hydrogen-bond donors (Lipinski definition) is 1. The Kier molecular flexibility index (Phi) is 4.04. The summed E-state index contributed by atoms with van der Waals surface area (Å²) in [7, 11) is 0. The summed E-state index contributed by atoms with van der Waals surface area (Å²) in [6.07, 6.45) is 4.00. The highest BCUT2D eigenvalue weighted by atomic mass is 32.1. The van der Waals surface area contributed by atoms with Crippen LogP contribution in [-0.4, -0.2) is 21.0 Å². The molecule has 5 heteroatoms. The Bertz CT molecular complexity index is 591. The second-order valence-corrected chi connectivity index (χ2v) is 5.51. The summed E-state index contributed by atoms with van der Waals surface area (Å²) in [5.74, 6) is 1.20. The standard InChI is InChI=1S/C14H19N3OS/c1-9(2)11-7-17-6-4-5-12(14(17)16-11)18-8-10(3)13(15)19/h4-7,9-10H,8H2,1-3H3,(H2,15,19). The molecule has 19 heavy (non-hydrogen) atoms. The van der Waals surface area contributed by atoms with Crippen molar-refractivity contribution in [1.82, 2.24) is 9.38 Å². The van der Waals surface area contributed by atoms with Gasteiger partial charge in [0.2, 0.25) is 0 Å². The number of rotatable bonds is 5. The maximum Gasteiger partial charge on any atom is 0.179 e. The Morgan fingerprint density at radius 1 is 1.47 bits per heavy atom. The minimum Gasteiger partial charge on any atom is -0.489 e. The third-order valence-electron chi connectivity index (χ3n) is 3.03. The fraction of sp³-hybridized carbons (Fsp3) is 0.429. The average molecular weight is 277 g/mol. The lowest BCUT2D eigenvalue weighted by Crippen LogP contribution is -2.24. The molecule has 0 amide bonds. The van der Waals surface area contributed by atoms with Gasteiger partial charge in [0, 0.05) is 18.3 Å². The zero-order chi connectivity index (χ0) is 14.0. The molecule has 2 N–H and O–H groups in total. The number of hydrogen-bond acceptors (Lipinski definition) is 3. The number of pyridine rings is 1. The van der Waals surface area contributed by atoms with Crippen molar-refractivity contribution in [2.24, 2.45) is 11.7 Å². The van der Waals surface area contributed by atoms with Crippen LogP contribution in [0.2, 0.25) is 0 Å². The van der Waals surface area contributed by atoms with Gasteiger partial charge in [-0.3, -0.25) is 0 Å². The molecule has 0 aliphatic heterocycles. The van der Waals surface area contributed by atoms with Crippen molar-refractivity contribution in [3.63, 3.8) is 0 Å². The van der Waals surface area contributed by atoms with Crippen LogP contribution in [0.25, 0.3) is 5.65 Å². The minimum atomic E-state index is 0.0507. The zero-order valence-corrected chi connectivity index (χ0v) is 12.3. The molecular formula is C14H19N3OS. The number of imidazole rings is 1. The highest BCUT2D eigenvalue weighted by molar-refractivity contribution is 7.80. The number of nitrogens with zero attached hydrogens (tertiary/aromatic N) is 2. The molecule has 0 saturated heterocycles. The molecule has 0 saturated carbocycles. The molecule has 2 rings (SSSR count). The Balaban J connectivity index is 2.25. The van der Waals surface area contributed by atoms with Gasteiger partial charge < -0.3 is 14.9 Å². The van der Waals surface area contributed by atoms with E-state index in [0.29, 0.717) is 17.5 Å². The first-order valence-corrected chi connectivity index (χ1v) is 6.79. The van der Waals surface area contributed by atoms with E-state index in [4.69, 9.17) is 22.7 Å². The summed E-state index contributed by atoms with van der Waals surface area (Å²) in [6.45, 7) is 6.67. The highest BCUT2D eigenvalue weighted by Crippen LogP contribution is 2.22. The van der Waals surface area contributed by atoms with Crippen molar-refractivity contribution in [2.45, 2.75) is 26.7 Å². The van der Waals surface area contributed by atoms with Crippen molar-refractivity contribution in [1.29, 1.82) is 0 Å². The van der Waals surface area contributed by atoms with Crippen LogP contribution >= 0.6 is 12.2 Å². The Hall–Kier alpha value is -1.62. The molecule has 2 heterocycles. The number of ether oxygens (including phenoxy) is 1. The molecule has 0 bridgehead atoms. The van der Waals surface area contributed by atoms with Gasteiger partial charge in [0.15, 0.2) is 11.4 Å². The lowest BCUT2D eigenvalue weighted by atomic mass is 10.2. The molecule has 1 unspecified atom stereocenters. The van der Waals surface area contributed by atoms with Crippen LogP contribution in [0.15, 0.2) is 24.5 Å². The number of nitrogens with two attached hydrogens (primary N) is 1. The highest BCUT2D eigenvalue weighted by Gasteiger charge is 2.11. The van der Waals surface area contributed by atoms with Gasteiger partial charge in [-0.1, -0.05) is 33.0 Å². The quantitative estimate of drug-likeness (QED) is 0.854. The van der Waals surface area contributed by atoms with Gasteiger partial charge in [-0.25, -0.2) is 4.98 Å². The maximum atomic E-state index is 5.78. The summed E-state index contributed by atoms with van der Waals surface area (Å²) >= 11 is 4.94. The van der Waals surface area contributed by atoms with Crippen LogP contribution in [0.3, 0.4) is 0 Å². The third kappa shape index (κ3) is 3.04. The summed E-state index contributed by atoms with van der Waals surface area (Å²) in [5, 5.41) is 0. The van der Waals surface area contributed by atoms with Crippen LogP contribution in [0, 0.1) is 5.92 Å². The Labute approximate surface area is 118 Å². The molecule has 1 atom stereocenters. The first-order valence-electron chi connectivity index (χ1n) is 6.38. The summed E-state index contributed by atoms with van der Waals surface area (Å²) in [5.41, 5.74) is 7.48. The van der Waals surface area contributed by atoms with Crippen molar-refractivity contribution in [3.8, 4) is 5.75 Å². The lowest BCUT2D eigenvalue weighted by Gasteiger charge is -2.11. The first-order chi connectivity index (χ1) is 8.99. The van der Waals surface area contributed by atoms with E-state index in [2.05, 4.69) is 18.8 Å². The molecule has 0 radical (unpaired) electrons. The van der Waals surface area contributed by atoms with E-state index >= 15 is 0 Å². The van der Waals surface area contributed by atoms with Crippen molar-refractivity contribution in [3.05, 3.63) is 30.2 Å². The lowest BCUT2D eigenvalue weighted by molar-refractivity contribution is 0.295. The fourth-order valence-electron chi connectivity index (χ4n) is 1.69. The molecule has 4 nitrogen and oxygen atoms in total. The van der Waals surface area contributed by atoms with E-state index in [1.807, 2.05) is 35.9 Å². The summed E-state index contributed by atoms with van der Waals surface area (Å²) in [6, 6.07) is 3.86. The van der Waals surface area contributed by atoms with Gasteiger partial charge in [-0.05, 0) is 18.1 Å². The second-order valence-electron chi connectivity index (χ2n) is 5.04. The Morgan fingerprint density at radius 2 is 2.21 bits per heavy atom. The van der Waals surface area contributed by atoms with Crippen molar-refractivity contribution < 1.29 is 4.74 Å². The average Bonchev–Trinajstić information content (AvgIpc) is 2.80. The van der Waals surface area contributed by atoms with Gasteiger partial charge in [0.1, 0.15) is 0 Å². The molecule has 102 valence electrons. The minimum absolute atomic E-state index is 0.0507. The van der Waals surface area contributed by atoms with Gasteiger partial charge in [-0.15, -0.1) is 0 Å². The molecular weight excluding hydrogens is 258 g/mol. The molecule has 2 aromatic rings. The van der Waals surface area contributed by atoms with Crippen LogP contribution in [0.1, 0.15) is 32.4 Å². The summed E-state index contributed by atoms with van der Waals surface area (Å²) < 4.78 is 7.77. The van der Waals surface area contributed by atoms with Gasteiger partial charge in [-0.2, -0.15) is 0 Å². The van der Waals surface area contributed by atoms with E-state index in [0.717, 1.165) is 17.1 Å². The largest absolute Gasteiger partial charge is 0.489 e. The third-order valence-corrected chi connectivity index (χ3v) is 3.43. The van der Waals surface area contributed by atoms with Crippen LogP contribution < -0.4 is 10.5 Å². The molecule has 0 aromatic carbocycles. The van der Waals surface area contributed by atoms with E-state index in [1.165, 1.54) is 0 Å². The van der Waals surface area contributed by atoms with E-state index in [9.17, 15) is 0 Å². The number of fused-ring (bicyclic) bond motifs is 1. The topological polar surface area (TPSA) is 52.5 Å². The van der Waals surface area contributed by atoms with Gasteiger partial charge >= 0.3 is 0 Å². The first kappa shape index (κ1) is 13.8. The second kappa shape index (κ2) is 5.57. The number of aromatic nitrogens is 2. The van der Waals surface area contributed by atoms with Crippen LogP contribution in [0.5, 0.6) is 5.75 Å². The predicted molar refractivity (Wildman–Crippen MR) is 80.7 cm³/mol. The normalized spacial score (nSPS) is 12.8.